The van der Waals surface area contributed by atoms with E-state index in [1.807, 2.05) is 24.4 Å². The Kier molecular flexibility index (Phi) is 4.31. The molecule has 106 valence electrons. The lowest BCUT2D eigenvalue weighted by molar-refractivity contribution is 0.0911. The lowest BCUT2D eigenvalue weighted by atomic mass is 9.85. The molecule has 0 saturated heterocycles. The van der Waals surface area contributed by atoms with E-state index in [2.05, 4.69) is 17.1 Å². The summed E-state index contributed by atoms with van der Waals surface area (Å²) in [5.74, 6) is 0.401. The number of fused-ring (bicyclic) bond motifs is 1. The van der Waals surface area contributed by atoms with Crippen LogP contribution in [0.1, 0.15) is 56.6 Å². The van der Waals surface area contributed by atoms with Gasteiger partial charge in [-0.3, -0.25) is 4.98 Å². The van der Waals surface area contributed by atoms with Gasteiger partial charge in [0.25, 0.3) is 0 Å². The molecule has 1 aromatic carbocycles. The van der Waals surface area contributed by atoms with Gasteiger partial charge in [0, 0.05) is 11.6 Å². The average molecular weight is 269 g/mol. The molecule has 0 amide bonds. The maximum Gasteiger partial charge on any atom is 0.0833 e. The van der Waals surface area contributed by atoms with Crippen LogP contribution in [0.25, 0.3) is 10.9 Å². The molecular formula is C18H23NO. The second-order valence-electron chi connectivity index (χ2n) is 6.01. The molecule has 3 rings (SSSR count). The summed E-state index contributed by atoms with van der Waals surface area (Å²) in [6, 6.07) is 10.2. The second kappa shape index (κ2) is 6.36. The van der Waals surface area contributed by atoms with Crippen molar-refractivity contribution in [2.45, 2.75) is 51.0 Å². The number of hydrogen-bond acceptors (Lipinski definition) is 2. The minimum absolute atomic E-state index is 0.356. The molecule has 1 atom stereocenters. The van der Waals surface area contributed by atoms with Crippen molar-refractivity contribution in [1.82, 2.24) is 4.98 Å². The minimum atomic E-state index is -0.356. The fraction of sp³-hybridized carbons (Fsp3) is 0.500. The SMILES string of the molecule is OC(c1cnc2ccccc2c1)C1CCCCCCC1. The van der Waals surface area contributed by atoms with Gasteiger partial charge in [-0.25, -0.2) is 0 Å². The fourth-order valence-corrected chi connectivity index (χ4v) is 3.33. The number of nitrogens with zero attached hydrogens (tertiary/aromatic N) is 1. The summed E-state index contributed by atoms with van der Waals surface area (Å²) in [7, 11) is 0. The van der Waals surface area contributed by atoms with Crippen LogP contribution in [-0.4, -0.2) is 10.1 Å². The van der Waals surface area contributed by atoms with Crippen LogP contribution < -0.4 is 0 Å². The fourth-order valence-electron chi connectivity index (χ4n) is 3.33. The number of pyridine rings is 1. The van der Waals surface area contributed by atoms with Crippen molar-refractivity contribution in [3.63, 3.8) is 0 Å². The summed E-state index contributed by atoms with van der Waals surface area (Å²) >= 11 is 0. The number of benzene rings is 1. The Balaban J connectivity index is 1.81. The Morgan fingerprint density at radius 1 is 1.00 bits per heavy atom. The summed E-state index contributed by atoms with van der Waals surface area (Å²) in [4.78, 5) is 4.48. The maximum absolute atomic E-state index is 10.7. The van der Waals surface area contributed by atoms with Gasteiger partial charge in [-0.15, -0.1) is 0 Å². The summed E-state index contributed by atoms with van der Waals surface area (Å²) in [6.07, 6.45) is 10.3. The number of para-hydroxylation sites is 1. The summed E-state index contributed by atoms with van der Waals surface area (Å²) in [5, 5.41) is 11.8. The van der Waals surface area contributed by atoms with Crippen molar-refractivity contribution in [2.75, 3.05) is 0 Å². The summed E-state index contributed by atoms with van der Waals surface area (Å²) in [6.45, 7) is 0. The molecule has 1 N–H and O–H groups in total. The van der Waals surface area contributed by atoms with Crippen LogP contribution in [0.15, 0.2) is 36.5 Å². The Bertz CT molecular complexity index is 558. The van der Waals surface area contributed by atoms with Crippen molar-refractivity contribution >= 4 is 10.9 Å². The van der Waals surface area contributed by atoms with E-state index < -0.39 is 0 Å². The van der Waals surface area contributed by atoms with Gasteiger partial charge < -0.3 is 5.11 Å². The highest BCUT2D eigenvalue weighted by Crippen LogP contribution is 2.33. The van der Waals surface area contributed by atoms with Crippen molar-refractivity contribution in [3.05, 3.63) is 42.1 Å². The van der Waals surface area contributed by atoms with Crippen LogP contribution in [0.5, 0.6) is 0 Å². The summed E-state index contributed by atoms with van der Waals surface area (Å²) < 4.78 is 0. The molecule has 20 heavy (non-hydrogen) atoms. The molecule has 1 fully saturated rings. The Labute approximate surface area is 120 Å². The van der Waals surface area contributed by atoms with Gasteiger partial charge in [-0.1, -0.05) is 50.3 Å². The quantitative estimate of drug-likeness (QED) is 0.862. The number of aromatic nitrogens is 1. The van der Waals surface area contributed by atoms with E-state index in [0.717, 1.165) is 29.3 Å². The predicted octanol–water partition coefficient (Wildman–Crippen LogP) is 4.63. The van der Waals surface area contributed by atoms with Crippen LogP contribution >= 0.6 is 0 Å². The first kappa shape index (κ1) is 13.6. The lowest BCUT2D eigenvalue weighted by Gasteiger charge is -2.25. The smallest absolute Gasteiger partial charge is 0.0833 e. The minimum Gasteiger partial charge on any atom is -0.388 e. The van der Waals surface area contributed by atoms with Gasteiger partial charge in [0.15, 0.2) is 0 Å². The van der Waals surface area contributed by atoms with Gasteiger partial charge in [0.05, 0.1) is 11.6 Å². The number of aliphatic hydroxyl groups is 1. The molecule has 2 aromatic rings. The first-order valence-electron chi connectivity index (χ1n) is 7.87. The van der Waals surface area contributed by atoms with E-state index in [4.69, 9.17) is 0 Å². The molecule has 2 nitrogen and oxygen atoms in total. The van der Waals surface area contributed by atoms with Crippen molar-refractivity contribution in [1.29, 1.82) is 0 Å². The van der Waals surface area contributed by atoms with Crippen molar-refractivity contribution < 1.29 is 5.11 Å². The highest BCUT2D eigenvalue weighted by molar-refractivity contribution is 5.78. The van der Waals surface area contributed by atoms with Crippen molar-refractivity contribution in [2.24, 2.45) is 5.92 Å². The molecule has 1 aromatic heterocycles. The van der Waals surface area contributed by atoms with Gasteiger partial charge in [-0.05, 0) is 36.5 Å². The van der Waals surface area contributed by atoms with Crippen LogP contribution in [0.3, 0.4) is 0 Å². The topological polar surface area (TPSA) is 33.1 Å². The van der Waals surface area contributed by atoms with E-state index in [0.29, 0.717) is 5.92 Å². The standard InChI is InChI=1S/C18H23NO/c20-18(14-8-4-2-1-3-5-9-14)16-12-15-10-6-7-11-17(15)19-13-16/h6-7,10-14,18,20H,1-5,8-9H2. The average Bonchev–Trinajstić information content (AvgIpc) is 2.46. The molecule has 1 unspecified atom stereocenters. The molecule has 1 saturated carbocycles. The predicted molar refractivity (Wildman–Crippen MR) is 82.5 cm³/mol. The highest BCUT2D eigenvalue weighted by atomic mass is 16.3. The van der Waals surface area contributed by atoms with Crippen LogP contribution in [-0.2, 0) is 0 Å². The zero-order valence-corrected chi connectivity index (χ0v) is 12.0. The molecule has 1 aliphatic rings. The third-order valence-corrected chi connectivity index (χ3v) is 4.55. The molecule has 0 aliphatic heterocycles. The number of aliphatic hydroxyl groups excluding tert-OH is 1. The molecule has 0 radical (unpaired) electrons. The Hall–Kier alpha value is -1.41. The first-order valence-corrected chi connectivity index (χ1v) is 7.87. The monoisotopic (exact) mass is 269 g/mol. The molecular weight excluding hydrogens is 246 g/mol. The largest absolute Gasteiger partial charge is 0.388 e. The summed E-state index contributed by atoms with van der Waals surface area (Å²) in [5.41, 5.74) is 1.98. The van der Waals surface area contributed by atoms with Crippen LogP contribution in [0, 0.1) is 5.92 Å². The lowest BCUT2D eigenvalue weighted by Crippen LogP contribution is -2.14. The van der Waals surface area contributed by atoms with Gasteiger partial charge in [0.2, 0.25) is 0 Å². The van der Waals surface area contributed by atoms with E-state index in [1.54, 1.807) is 0 Å². The molecule has 0 bridgehead atoms. The van der Waals surface area contributed by atoms with Gasteiger partial charge in [0.1, 0.15) is 0 Å². The normalized spacial score (nSPS) is 19.4. The first-order chi connectivity index (χ1) is 9.84. The van der Waals surface area contributed by atoms with Crippen LogP contribution in [0.2, 0.25) is 0 Å². The van der Waals surface area contributed by atoms with Gasteiger partial charge >= 0.3 is 0 Å². The Morgan fingerprint density at radius 2 is 1.70 bits per heavy atom. The zero-order valence-electron chi connectivity index (χ0n) is 12.0. The maximum atomic E-state index is 10.7. The van der Waals surface area contributed by atoms with Gasteiger partial charge in [-0.2, -0.15) is 0 Å². The third-order valence-electron chi connectivity index (χ3n) is 4.55. The van der Waals surface area contributed by atoms with Crippen LogP contribution in [0.4, 0.5) is 0 Å². The third kappa shape index (κ3) is 3.01. The zero-order chi connectivity index (χ0) is 13.8. The van der Waals surface area contributed by atoms with E-state index in [1.165, 1.54) is 32.1 Å². The number of hydrogen-bond donors (Lipinski definition) is 1. The van der Waals surface area contributed by atoms with E-state index in [9.17, 15) is 5.11 Å². The van der Waals surface area contributed by atoms with Crippen molar-refractivity contribution in [3.8, 4) is 0 Å². The Morgan fingerprint density at radius 3 is 2.50 bits per heavy atom. The molecule has 0 spiro atoms. The second-order valence-corrected chi connectivity index (χ2v) is 6.01. The van der Waals surface area contributed by atoms with E-state index >= 15 is 0 Å². The van der Waals surface area contributed by atoms with E-state index in [-0.39, 0.29) is 6.10 Å². The molecule has 1 heterocycles. The molecule has 1 aliphatic carbocycles. The number of rotatable bonds is 2. The molecule has 2 heteroatoms. The highest BCUT2D eigenvalue weighted by Gasteiger charge is 2.22.